The van der Waals surface area contributed by atoms with E-state index in [1.54, 1.807) is 6.07 Å². The average Bonchev–Trinajstić information content (AvgIpc) is 3.01. The third-order valence-electron chi connectivity index (χ3n) is 3.95. The summed E-state index contributed by atoms with van der Waals surface area (Å²) in [5, 5.41) is 11.2. The Hall–Kier alpha value is -2.33. The molecule has 0 saturated heterocycles. The minimum Gasteiger partial charge on any atom is -0.544 e. The Bertz CT molecular complexity index is 813. The van der Waals surface area contributed by atoms with Gasteiger partial charge in [0.1, 0.15) is 11.9 Å². The Balaban J connectivity index is 1.89. The van der Waals surface area contributed by atoms with Crippen molar-refractivity contribution in [2.24, 2.45) is 0 Å². The monoisotopic (exact) mass is 309 g/mol. The second-order valence-corrected chi connectivity index (χ2v) is 6.41. The molecule has 1 aromatic carbocycles. The number of hydrogen-bond acceptors (Lipinski definition) is 4. The van der Waals surface area contributed by atoms with Crippen LogP contribution in [0.3, 0.4) is 0 Å². The van der Waals surface area contributed by atoms with Crippen LogP contribution in [-0.4, -0.2) is 5.97 Å². The first-order valence-corrected chi connectivity index (χ1v) is 8.03. The molecule has 2 heterocycles. The summed E-state index contributed by atoms with van der Waals surface area (Å²) in [6.07, 6.45) is 8.14. The van der Waals surface area contributed by atoms with Gasteiger partial charge in [-0.1, -0.05) is 30.4 Å². The lowest BCUT2D eigenvalue weighted by Gasteiger charge is -2.28. The van der Waals surface area contributed by atoms with Gasteiger partial charge in [0.2, 0.25) is 0 Å². The van der Waals surface area contributed by atoms with Crippen molar-refractivity contribution in [2.75, 3.05) is 0 Å². The zero-order valence-corrected chi connectivity index (χ0v) is 12.6. The second-order valence-electron chi connectivity index (χ2n) is 5.36. The molecule has 3 nitrogen and oxygen atoms in total. The van der Waals surface area contributed by atoms with Gasteiger partial charge in [-0.25, -0.2) is 0 Å². The van der Waals surface area contributed by atoms with E-state index >= 15 is 0 Å². The Morgan fingerprint density at radius 1 is 1.27 bits per heavy atom. The summed E-state index contributed by atoms with van der Waals surface area (Å²) in [5.41, 5.74) is 2.96. The standard InChI is InChI=1S/C18H14O3S/c19-18(20)15-10-13-16(11-6-2-1-3-7-11)21-14-9-5-4-8-12(14)17(13)22-15/h2,4-10,16H,1,3H2,(H,19,20)/p-1. The smallest absolute Gasteiger partial charge is 0.150 e. The maximum Gasteiger partial charge on any atom is 0.150 e. The molecule has 0 spiro atoms. The Morgan fingerprint density at radius 3 is 2.91 bits per heavy atom. The molecule has 0 fully saturated rings. The van der Waals surface area contributed by atoms with Crippen molar-refractivity contribution in [3.63, 3.8) is 0 Å². The van der Waals surface area contributed by atoms with Crippen LogP contribution in [-0.2, 0) is 0 Å². The largest absolute Gasteiger partial charge is 0.544 e. The first kappa shape index (κ1) is 13.3. The number of allylic oxidation sites excluding steroid dienone is 2. The number of ether oxygens (including phenoxy) is 1. The lowest BCUT2D eigenvalue weighted by molar-refractivity contribution is -0.254. The van der Waals surface area contributed by atoms with Crippen molar-refractivity contribution in [1.82, 2.24) is 0 Å². The predicted molar refractivity (Wildman–Crippen MR) is 83.9 cm³/mol. The number of carbonyl (C=O) groups excluding carboxylic acids is 1. The fourth-order valence-corrected chi connectivity index (χ4v) is 3.99. The second kappa shape index (κ2) is 5.14. The maximum absolute atomic E-state index is 11.2. The third-order valence-corrected chi connectivity index (χ3v) is 5.11. The normalized spacial score (nSPS) is 18.9. The number of rotatable bonds is 2. The molecule has 22 heavy (non-hydrogen) atoms. The number of hydrogen-bond donors (Lipinski definition) is 0. The molecule has 1 atom stereocenters. The molecule has 1 aromatic heterocycles. The van der Waals surface area contributed by atoms with Crippen molar-refractivity contribution in [3.05, 3.63) is 64.6 Å². The fourth-order valence-electron chi connectivity index (χ4n) is 2.93. The Labute approximate surface area is 132 Å². The molecule has 110 valence electrons. The molecule has 1 unspecified atom stereocenters. The molecule has 1 aliphatic carbocycles. The zero-order chi connectivity index (χ0) is 15.1. The number of thiophene rings is 1. The van der Waals surface area contributed by atoms with Gasteiger partial charge < -0.3 is 14.6 Å². The van der Waals surface area contributed by atoms with Gasteiger partial charge in [0, 0.05) is 16.0 Å². The highest BCUT2D eigenvalue weighted by molar-refractivity contribution is 7.17. The summed E-state index contributed by atoms with van der Waals surface area (Å²) < 4.78 is 6.16. The molecule has 1 aliphatic heterocycles. The Kier molecular flexibility index (Phi) is 3.12. The minimum absolute atomic E-state index is 0.245. The number of aromatic carboxylic acids is 1. The van der Waals surface area contributed by atoms with Crippen LogP contribution >= 0.6 is 11.3 Å². The van der Waals surface area contributed by atoms with E-state index in [2.05, 4.69) is 18.2 Å². The summed E-state index contributed by atoms with van der Waals surface area (Å²) in [6, 6.07) is 9.45. The van der Waals surface area contributed by atoms with Crippen LogP contribution in [0.15, 0.2) is 54.1 Å². The van der Waals surface area contributed by atoms with Crippen LogP contribution in [0.5, 0.6) is 5.75 Å². The van der Waals surface area contributed by atoms with E-state index in [4.69, 9.17) is 4.74 Å². The fraction of sp³-hybridized carbons (Fsp3) is 0.167. The van der Waals surface area contributed by atoms with E-state index in [9.17, 15) is 9.90 Å². The van der Waals surface area contributed by atoms with Crippen LogP contribution < -0.4 is 9.84 Å². The van der Waals surface area contributed by atoms with E-state index in [1.807, 2.05) is 24.3 Å². The van der Waals surface area contributed by atoms with E-state index in [-0.39, 0.29) is 11.0 Å². The van der Waals surface area contributed by atoms with Crippen LogP contribution in [0.2, 0.25) is 0 Å². The highest BCUT2D eigenvalue weighted by Crippen LogP contribution is 2.49. The summed E-state index contributed by atoms with van der Waals surface area (Å²) in [7, 11) is 0. The van der Waals surface area contributed by atoms with Crippen LogP contribution in [0.4, 0.5) is 0 Å². The van der Waals surface area contributed by atoms with Gasteiger partial charge >= 0.3 is 0 Å². The highest BCUT2D eigenvalue weighted by Gasteiger charge is 2.30. The summed E-state index contributed by atoms with van der Waals surface area (Å²) in [5.74, 6) is -0.338. The Morgan fingerprint density at radius 2 is 2.14 bits per heavy atom. The third kappa shape index (κ3) is 2.07. The molecular weight excluding hydrogens is 296 g/mol. The van der Waals surface area contributed by atoms with E-state index in [0.29, 0.717) is 0 Å². The number of carbonyl (C=O) groups is 1. The van der Waals surface area contributed by atoms with Gasteiger partial charge in [0.25, 0.3) is 0 Å². The molecule has 0 radical (unpaired) electrons. The quantitative estimate of drug-likeness (QED) is 0.853. The van der Waals surface area contributed by atoms with Gasteiger partial charge in [-0.3, -0.25) is 0 Å². The molecule has 4 rings (SSSR count). The van der Waals surface area contributed by atoms with E-state index in [1.165, 1.54) is 11.3 Å². The molecule has 4 heteroatoms. The lowest BCUT2D eigenvalue weighted by Crippen LogP contribution is -2.20. The van der Waals surface area contributed by atoms with Gasteiger partial charge in [0.05, 0.1) is 10.8 Å². The van der Waals surface area contributed by atoms with Gasteiger partial charge in [0.15, 0.2) is 0 Å². The summed E-state index contributed by atoms with van der Waals surface area (Å²) in [4.78, 5) is 12.5. The van der Waals surface area contributed by atoms with Gasteiger partial charge in [-0.05, 0) is 36.6 Å². The summed E-state index contributed by atoms with van der Waals surface area (Å²) in [6.45, 7) is 0. The van der Waals surface area contributed by atoms with Crippen molar-refractivity contribution in [1.29, 1.82) is 0 Å². The van der Waals surface area contributed by atoms with E-state index < -0.39 is 5.97 Å². The molecule has 0 saturated carbocycles. The topological polar surface area (TPSA) is 49.4 Å². The molecule has 0 bridgehead atoms. The van der Waals surface area contributed by atoms with Gasteiger partial charge in [-0.2, -0.15) is 0 Å². The number of para-hydroxylation sites is 1. The van der Waals surface area contributed by atoms with Crippen LogP contribution in [0.25, 0.3) is 10.4 Å². The zero-order valence-electron chi connectivity index (χ0n) is 11.7. The number of fused-ring (bicyclic) bond motifs is 3. The summed E-state index contributed by atoms with van der Waals surface area (Å²) >= 11 is 1.26. The van der Waals surface area contributed by atoms with E-state index in [0.717, 1.165) is 40.2 Å². The maximum atomic E-state index is 11.2. The SMILES string of the molecule is O=C([O-])c1cc2c(s1)-c1ccccc1OC2C1=CCCC=C1. The molecule has 0 N–H and O–H groups in total. The molecule has 2 aromatic rings. The minimum atomic E-state index is -1.14. The molecular formula is C18H13O3S-. The number of carboxylic acid groups (broad SMARTS) is 1. The highest BCUT2D eigenvalue weighted by atomic mass is 32.1. The average molecular weight is 309 g/mol. The molecule has 0 amide bonds. The van der Waals surface area contributed by atoms with Crippen molar-refractivity contribution in [2.45, 2.75) is 18.9 Å². The number of benzene rings is 1. The van der Waals surface area contributed by atoms with Gasteiger partial charge in [-0.15, -0.1) is 11.3 Å². The van der Waals surface area contributed by atoms with Crippen LogP contribution in [0, 0.1) is 0 Å². The van der Waals surface area contributed by atoms with Crippen molar-refractivity contribution >= 4 is 17.3 Å². The van der Waals surface area contributed by atoms with Crippen molar-refractivity contribution < 1.29 is 14.6 Å². The molecule has 2 aliphatic rings. The van der Waals surface area contributed by atoms with Crippen molar-refractivity contribution in [3.8, 4) is 16.2 Å². The predicted octanol–water partition coefficient (Wildman–Crippen LogP) is 3.49. The lowest BCUT2D eigenvalue weighted by atomic mass is 9.93. The number of carboxylic acids is 1. The first-order valence-electron chi connectivity index (χ1n) is 7.22. The first-order chi connectivity index (χ1) is 10.7. The van der Waals surface area contributed by atoms with Crippen LogP contribution in [0.1, 0.15) is 34.2 Å².